The highest BCUT2D eigenvalue weighted by Crippen LogP contribution is 2.39. The Morgan fingerprint density at radius 2 is 2.03 bits per heavy atom. The molecule has 29 heavy (non-hydrogen) atoms. The third-order valence-electron chi connectivity index (χ3n) is 4.85. The summed E-state index contributed by atoms with van der Waals surface area (Å²) in [5.41, 5.74) is 4.19. The van der Waals surface area contributed by atoms with E-state index in [4.69, 9.17) is 20.9 Å². The summed E-state index contributed by atoms with van der Waals surface area (Å²) in [5, 5.41) is 4.83. The fourth-order valence-corrected chi connectivity index (χ4v) is 4.66. The summed E-state index contributed by atoms with van der Waals surface area (Å²) in [7, 11) is 1.36. The molecule has 0 aliphatic heterocycles. The Balaban J connectivity index is 1.46. The zero-order chi connectivity index (χ0) is 20.2. The van der Waals surface area contributed by atoms with E-state index in [1.54, 1.807) is 11.8 Å². The summed E-state index contributed by atoms with van der Waals surface area (Å²) < 4.78 is 15.8. The number of hydrogen-bond donors (Lipinski definition) is 0. The molecule has 7 heteroatoms. The van der Waals surface area contributed by atoms with Gasteiger partial charge in [-0.15, -0.1) is 11.8 Å². The lowest BCUT2D eigenvalue weighted by Crippen LogP contribution is -2.13. The number of carbonyl (C=O) groups is 1. The molecule has 0 bridgehead atoms. The zero-order valence-electron chi connectivity index (χ0n) is 15.9. The monoisotopic (exact) mass is 429 g/mol. The molecule has 1 aliphatic rings. The Morgan fingerprint density at radius 1 is 1.21 bits per heavy atom. The van der Waals surface area contributed by atoms with E-state index in [1.807, 2.05) is 36.4 Å². The van der Waals surface area contributed by atoms with Crippen LogP contribution in [0, 0.1) is 0 Å². The van der Waals surface area contributed by atoms with Crippen LogP contribution in [-0.4, -0.2) is 24.8 Å². The molecule has 5 nitrogen and oxygen atoms in total. The number of thioether (sulfide) groups is 1. The average molecular weight is 430 g/mol. The van der Waals surface area contributed by atoms with E-state index in [9.17, 15) is 4.79 Å². The van der Waals surface area contributed by atoms with Gasteiger partial charge in [0.05, 0.1) is 17.8 Å². The fraction of sp³-hybridized carbons (Fsp3) is 0.273. The highest BCUT2D eigenvalue weighted by Gasteiger charge is 2.21. The van der Waals surface area contributed by atoms with Crippen LogP contribution < -0.4 is 4.74 Å². The number of ether oxygens (including phenoxy) is 2. The molecule has 0 unspecified atom stereocenters. The van der Waals surface area contributed by atoms with Gasteiger partial charge in [0.1, 0.15) is 5.75 Å². The van der Waals surface area contributed by atoms with Gasteiger partial charge in [0.25, 0.3) is 0 Å². The highest BCUT2D eigenvalue weighted by molar-refractivity contribution is 7.98. The van der Waals surface area contributed by atoms with Crippen molar-refractivity contribution < 1.29 is 18.8 Å². The quantitative estimate of drug-likeness (QED) is 0.373. The lowest BCUT2D eigenvalue weighted by Gasteiger charge is -2.13. The molecule has 1 aromatic heterocycles. The van der Waals surface area contributed by atoms with Gasteiger partial charge in [-0.25, -0.2) is 4.79 Å². The van der Waals surface area contributed by atoms with Crippen LogP contribution >= 0.6 is 23.4 Å². The van der Waals surface area contributed by atoms with Crippen molar-refractivity contribution in [1.82, 2.24) is 5.16 Å². The van der Waals surface area contributed by atoms with Crippen molar-refractivity contribution >= 4 is 29.3 Å². The van der Waals surface area contributed by atoms with Crippen molar-refractivity contribution in [2.24, 2.45) is 0 Å². The van der Waals surface area contributed by atoms with Crippen molar-refractivity contribution in [3.05, 3.63) is 64.3 Å². The van der Waals surface area contributed by atoms with Crippen LogP contribution in [0.3, 0.4) is 0 Å². The predicted molar refractivity (Wildman–Crippen MR) is 112 cm³/mol. The molecule has 0 spiro atoms. The second-order valence-electron chi connectivity index (χ2n) is 6.69. The van der Waals surface area contributed by atoms with E-state index < -0.39 is 0 Å². The Kier molecular flexibility index (Phi) is 6.11. The van der Waals surface area contributed by atoms with Crippen LogP contribution in [0.15, 0.2) is 51.9 Å². The molecule has 2 aromatic carbocycles. The molecule has 0 atom stereocenters. The molecule has 0 radical (unpaired) electrons. The molecule has 0 N–H and O–H groups in total. The van der Waals surface area contributed by atoms with E-state index in [1.165, 1.54) is 23.1 Å². The van der Waals surface area contributed by atoms with E-state index in [-0.39, 0.29) is 12.6 Å². The largest absolute Gasteiger partial charge is 0.482 e. The number of fused-ring (bicyclic) bond motifs is 1. The SMILES string of the molecule is COC(=O)COc1ccc(SCc2cc(-c3ccccc3Cl)on2)c2c1CCC2. The van der Waals surface area contributed by atoms with Crippen LogP contribution in [-0.2, 0) is 28.1 Å². The van der Waals surface area contributed by atoms with Gasteiger partial charge in [0.2, 0.25) is 0 Å². The maximum Gasteiger partial charge on any atom is 0.343 e. The normalized spacial score (nSPS) is 12.6. The number of carbonyl (C=O) groups excluding carboxylic acids is 1. The maximum absolute atomic E-state index is 11.4. The Hall–Kier alpha value is -2.44. The summed E-state index contributed by atoms with van der Waals surface area (Å²) in [4.78, 5) is 12.6. The van der Waals surface area contributed by atoms with Crippen molar-refractivity contribution in [3.8, 4) is 17.1 Å². The average Bonchev–Trinajstić information content (AvgIpc) is 3.41. The Labute approximate surface area is 178 Å². The van der Waals surface area contributed by atoms with Crippen LogP contribution in [0.1, 0.15) is 23.2 Å². The van der Waals surface area contributed by atoms with Gasteiger partial charge < -0.3 is 14.0 Å². The molecule has 1 aliphatic carbocycles. The number of aromatic nitrogens is 1. The molecule has 0 saturated carbocycles. The minimum atomic E-state index is -0.379. The van der Waals surface area contributed by atoms with Gasteiger partial charge in [-0.1, -0.05) is 28.9 Å². The standard InChI is InChI=1S/C22H20ClNO4S/c1-26-22(25)12-27-19-9-10-21(16-7-4-6-15(16)19)29-13-14-11-20(28-24-14)17-5-2-3-8-18(17)23/h2-3,5,8-11H,4,6-7,12-13H2,1H3. The van der Waals surface area contributed by atoms with Crippen molar-refractivity contribution in [2.45, 2.75) is 29.9 Å². The van der Waals surface area contributed by atoms with Crippen molar-refractivity contribution in [1.29, 1.82) is 0 Å². The van der Waals surface area contributed by atoms with E-state index in [0.717, 1.165) is 36.3 Å². The summed E-state index contributed by atoms with van der Waals surface area (Å²) in [6.07, 6.45) is 3.06. The number of benzene rings is 2. The van der Waals surface area contributed by atoms with Crippen LogP contribution in [0.5, 0.6) is 5.75 Å². The number of nitrogens with zero attached hydrogens (tertiary/aromatic N) is 1. The number of hydrogen-bond acceptors (Lipinski definition) is 6. The molecule has 3 aromatic rings. The van der Waals surface area contributed by atoms with E-state index in [2.05, 4.69) is 16.0 Å². The van der Waals surface area contributed by atoms with Gasteiger partial charge >= 0.3 is 5.97 Å². The molecule has 150 valence electrons. The van der Waals surface area contributed by atoms with Gasteiger partial charge in [-0.3, -0.25) is 0 Å². The first-order valence-electron chi connectivity index (χ1n) is 9.33. The van der Waals surface area contributed by atoms with E-state index >= 15 is 0 Å². The topological polar surface area (TPSA) is 61.6 Å². The van der Waals surface area contributed by atoms with Crippen molar-refractivity contribution in [3.63, 3.8) is 0 Å². The van der Waals surface area contributed by atoms with Gasteiger partial charge in [-0.05, 0) is 54.7 Å². The second kappa shape index (κ2) is 8.93. The Bertz CT molecular complexity index is 1030. The van der Waals surface area contributed by atoms with Gasteiger partial charge in [-0.2, -0.15) is 0 Å². The van der Waals surface area contributed by atoms with Crippen LogP contribution in [0.4, 0.5) is 0 Å². The number of halogens is 1. The molecule has 1 heterocycles. The Morgan fingerprint density at radius 3 is 2.86 bits per heavy atom. The number of rotatable bonds is 7. The summed E-state index contributed by atoms with van der Waals surface area (Å²) in [6.45, 7) is -0.0702. The molecular formula is C22H20ClNO4S. The smallest absolute Gasteiger partial charge is 0.343 e. The first kappa shape index (κ1) is 19.9. The molecular weight excluding hydrogens is 410 g/mol. The minimum Gasteiger partial charge on any atom is -0.482 e. The molecule has 0 saturated heterocycles. The summed E-state index contributed by atoms with van der Waals surface area (Å²) >= 11 is 7.97. The van der Waals surface area contributed by atoms with E-state index in [0.29, 0.717) is 16.5 Å². The highest BCUT2D eigenvalue weighted by atomic mass is 35.5. The molecule has 0 amide bonds. The minimum absolute atomic E-state index is 0.0702. The first-order chi connectivity index (χ1) is 14.2. The lowest BCUT2D eigenvalue weighted by molar-refractivity contribution is -0.142. The van der Waals surface area contributed by atoms with Crippen LogP contribution in [0.2, 0.25) is 5.02 Å². The third kappa shape index (κ3) is 4.43. The summed E-state index contributed by atoms with van der Waals surface area (Å²) in [6, 6.07) is 13.5. The molecule has 4 rings (SSSR count). The maximum atomic E-state index is 11.4. The third-order valence-corrected chi connectivity index (χ3v) is 6.31. The number of esters is 1. The first-order valence-corrected chi connectivity index (χ1v) is 10.7. The van der Waals surface area contributed by atoms with Crippen molar-refractivity contribution in [2.75, 3.05) is 13.7 Å². The van der Waals surface area contributed by atoms with Gasteiger partial charge in [0, 0.05) is 22.3 Å². The van der Waals surface area contributed by atoms with Gasteiger partial charge in [0.15, 0.2) is 12.4 Å². The predicted octanol–water partition coefficient (Wildman–Crippen LogP) is 5.33. The lowest BCUT2D eigenvalue weighted by atomic mass is 10.1. The molecule has 0 fully saturated rings. The fourth-order valence-electron chi connectivity index (χ4n) is 3.43. The van der Waals surface area contributed by atoms with Crippen LogP contribution in [0.25, 0.3) is 11.3 Å². The zero-order valence-corrected chi connectivity index (χ0v) is 17.5. The second-order valence-corrected chi connectivity index (χ2v) is 8.11. The summed E-state index contributed by atoms with van der Waals surface area (Å²) in [5.74, 6) is 1.76. The number of methoxy groups -OCH3 is 1.